The third kappa shape index (κ3) is 29.6. The second kappa shape index (κ2) is 45.1. The first-order valence-corrected chi connectivity index (χ1v) is 50.9. The molecule has 0 aliphatic heterocycles. The highest BCUT2D eigenvalue weighted by Gasteiger charge is 2.47. The summed E-state index contributed by atoms with van der Waals surface area (Å²) in [5, 5.41) is 0. The number of rotatable bonds is 5. The molecule has 0 radical (unpaired) electrons. The van der Waals surface area contributed by atoms with E-state index in [2.05, 4.69) is 39.3 Å². The highest BCUT2D eigenvalue weighted by Crippen LogP contribution is 2.47. The van der Waals surface area contributed by atoms with Crippen LogP contribution in [0.2, 0.25) is 0 Å². The Bertz CT molecular complexity index is 3480. The van der Waals surface area contributed by atoms with Gasteiger partial charge in [-0.05, 0) is 152 Å². The highest BCUT2D eigenvalue weighted by molar-refractivity contribution is 8.78. The van der Waals surface area contributed by atoms with Gasteiger partial charge in [0.1, 0.15) is 0 Å². The van der Waals surface area contributed by atoms with Crippen molar-refractivity contribution in [2.75, 3.05) is 0 Å². The van der Waals surface area contributed by atoms with Gasteiger partial charge in [-0.3, -0.25) is 28.8 Å². The van der Waals surface area contributed by atoms with Gasteiger partial charge in [0.2, 0.25) is 0 Å². The summed E-state index contributed by atoms with van der Waals surface area (Å²) >= 11 is 9.52. The molecule has 7 aliphatic carbocycles. The Kier molecular flexibility index (Phi) is 43.9. The maximum atomic E-state index is 12.5. The normalized spacial score (nSPS) is 25.2. The molecular formula is C54H72O6S21. The van der Waals surface area contributed by atoms with Crippen molar-refractivity contribution in [1.82, 2.24) is 0 Å². The Morgan fingerprint density at radius 1 is 0.481 bits per heavy atom. The van der Waals surface area contributed by atoms with Gasteiger partial charge in [-0.25, -0.2) is 0 Å². The molecule has 0 saturated carbocycles. The Morgan fingerprint density at radius 3 is 1.38 bits per heavy atom. The molecule has 7 rings (SSSR count). The molecule has 450 valence electrons. The largest absolute Gasteiger partial charge is 0.295 e. The van der Waals surface area contributed by atoms with Crippen LogP contribution in [0.15, 0.2) is 133 Å². The second-order valence-electron chi connectivity index (χ2n) is 18.9. The Balaban J connectivity index is 0.000000517. The SMILES string of the molecule is C.C.C=C(C)[C@H]1CC=CC(=O)C1.C=C[C@@H]1CC(=O)C=C(C)C1.C=C[C@H]1CC(C)=CC(=O)[C@@H]1[C@H]1C(=O)C=CC[C@@H]1C(=C)C.CC1=CC(=O)[C@@H]2[C@H]3C(=O)C=CC[C@@H]3C(C)=C[C@H]2C1.S=S=S=S=S=S=S=S=S=S=S=S=S=S=S=S=S=S=S=S=S. The van der Waals surface area contributed by atoms with E-state index < -0.39 is 0 Å². The molecule has 0 aromatic carbocycles. The van der Waals surface area contributed by atoms with Crippen molar-refractivity contribution in [1.29, 1.82) is 0 Å². The fourth-order valence-electron chi connectivity index (χ4n) is 9.99. The molecule has 0 aromatic heterocycles. The minimum Gasteiger partial charge on any atom is -0.295 e. The van der Waals surface area contributed by atoms with Gasteiger partial charge in [0.15, 0.2) is 34.7 Å². The summed E-state index contributed by atoms with van der Waals surface area (Å²) in [5.41, 5.74) is 6.79. The zero-order chi connectivity index (χ0) is 58.3. The van der Waals surface area contributed by atoms with Crippen molar-refractivity contribution in [3.05, 3.63) is 133 Å². The summed E-state index contributed by atoms with van der Waals surface area (Å²) in [6.07, 6.45) is 28.6. The lowest BCUT2D eigenvalue weighted by molar-refractivity contribution is -0.131. The van der Waals surface area contributed by atoms with Crippen LogP contribution in [0.3, 0.4) is 0 Å². The predicted molar refractivity (Wildman–Crippen MR) is 402 cm³/mol. The lowest BCUT2D eigenvalue weighted by Gasteiger charge is -2.42. The first-order chi connectivity index (χ1) is 37.9. The van der Waals surface area contributed by atoms with E-state index in [1.165, 1.54) is 28.9 Å². The number of hydrogen-bond donors (Lipinski definition) is 0. The quantitative estimate of drug-likeness (QED) is 0.251. The van der Waals surface area contributed by atoms with Gasteiger partial charge in [-0.15, -0.1) is 13.2 Å². The minimum absolute atomic E-state index is 0. The van der Waals surface area contributed by atoms with E-state index in [9.17, 15) is 28.8 Å². The topological polar surface area (TPSA) is 102 Å². The lowest BCUT2D eigenvalue weighted by Crippen LogP contribution is -2.44. The molecule has 6 nitrogen and oxygen atoms in total. The van der Waals surface area contributed by atoms with Crippen molar-refractivity contribution in [2.24, 2.45) is 59.2 Å². The molecule has 0 bridgehead atoms. The van der Waals surface area contributed by atoms with E-state index in [0.29, 0.717) is 24.7 Å². The summed E-state index contributed by atoms with van der Waals surface area (Å²) in [6.45, 7) is 27.4. The number of carbonyl (C=O) groups excluding carboxylic acids is 6. The minimum atomic E-state index is -0.282. The van der Waals surface area contributed by atoms with Gasteiger partial charge in [0.25, 0.3) is 0 Å². The molecule has 7 aliphatic rings. The van der Waals surface area contributed by atoms with E-state index in [1.807, 2.05) is 65.0 Å². The zero-order valence-corrected chi connectivity index (χ0v) is 61.4. The van der Waals surface area contributed by atoms with Gasteiger partial charge in [0.05, 0.1) is 0 Å². The van der Waals surface area contributed by atoms with Crippen molar-refractivity contribution in [3.8, 4) is 0 Å². The number of carbonyl (C=O) groups is 6. The van der Waals surface area contributed by atoms with E-state index in [0.717, 1.165) is 60.8 Å². The summed E-state index contributed by atoms with van der Waals surface area (Å²) in [7, 11) is 32.6. The molecule has 27 heteroatoms. The highest BCUT2D eigenvalue weighted by atomic mass is 33.5. The van der Waals surface area contributed by atoms with Crippen LogP contribution in [0.25, 0.3) is 0 Å². The Labute approximate surface area is 546 Å². The molecule has 0 heterocycles. The molecule has 0 saturated heterocycles. The molecule has 0 unspecified atom stereocenters. The molecule has 0 amide bonds. The third-order valence-corrected chi connectivity index (χ3v) is 53.3. The van der Waals surface area contributed by atoms with Crippen molar-refractivity contribution in [3.63, 3.8) is 0 Å². The van der Waals surface area contributed by atoms with Crippen LogP contribution in [0.1, 0.15) is 108 Å². The van der Waals surface area contributed by atoms with Crippen LogP contribution in [-0.4, -0.2) is 34.7 Å². The molecule has 0 aromatic rings. The smallest absolute Gasteiger partial charge is 0.160 e. The fourth-order valence-corrected chi connectivity index (χ4v) is 56.6. The fraction of sp³-hybridized carbons (Fsp3) is 0.481. The van der Waals surface area contributed by atoms with Gasteiger partial charge in [-0.1, -0.05) is 97.9 Å². The molecule has 81 heavy (non-hydrogen) atoms. The average molecular weight is 1490 g/mol. The average Bonchev–Trinajstić information content (AvgIpc) is 3.61. The first kappa shape index (κ1) is 78.8. The number of ketones is 6. The van der Waals surface area contributed by atoms with E-state index >= 15 is 0 Å². The van der Waals surface area contributed by atoms with Crippen LogP contribution in [-0.2, 0) is 220 Å². The summed E-state index contributed by atoms with van der Waals surface area (Å²) in [4.78, 5) is 71.0. The van der Waals surface area contributed by atoms with Crippen LogP contribution >= 0.6 is 0 Å². The monoisotopic (exact) mass is 1490 g/mol. The van der Waals surface area contributed by atoms with Gasteiger partial charge >= 0.3 is 0 Å². The van der Waals surface area contributed by atoms with Crippen LogP contribution in [0.4, 0.5) is 0 Å². The number of allylic oxidation sites excluding steroid dienone is 18. The maximum Gasteiger partial charge on any atom is 0.160 e. The Hall–Kier alpha value is -0.220. The number of hydrogen-bond acceptors (Lipinski definition) is 8. The summed E-state index contributed by atoms with van der Waals surface area (Å²) in [6, 6.07) is 0. The van der Waals surface area contributed by atoms with Crippen molar-refractivity contribution < 1.29 is 28.8 Å². The summed E-state index contributed by atoms with van der Waals surface area (Å²) in [5.74, 6) is 1.52. The van der Waals surface area contributed by atoms with Crippen molar-refractivity contribution >= 4 is 226 Å². The first-order valence-electron chi connectivity index (χ1n) is 24.2. The predicted octanol–water partition coefficient (Wildman–Crippen LogP) is 11.9. The number of fused-ring (bicyclic) bond motifs is 3. The molecule has 10 atom stereocenters. The molecule has 0 spiro atoms. The van der Waals surface area contributed by atoms with Crippen LogP contribution in [0.5, 0.6) is 0 Å². The van der Waals surface area contributed by atoms with Crippen LogP contribution < -0.4 is 0 Å². The van der Waals surface area contributed by atoms with E-state index in [-0.39, 0.29) is 96.9 Å². The third-order valence-electron chi connectivity index (χ3n) is 13.3. The molecule has 0 N–H and O–H groups in total. The maximum absolute atomic E-state index is 12.5. The van der Waals surface area contributed by atoms with Gasteiger partial charge in [-0.2, -0.15) is 0 Å². The van der Waals surface area contributed by atoms with E-state index in [4.69, 9.17) is 22.4 Å². The van der Waals surface area contributed by atoms with Gasteiger partial charge in [0, 0.05) is 228 Å². The lowest BCUT2D eigenvalue weighted by atomic mass is 9.59. The molecular weight excluding hydrogens is 1420 g/mol. The zero-order valence-electron chi connectivity index (χ0n) is 44.2. The molecule has 0 fully saturated rings. The Morgan fingerprint density at radius 2 is 0.938 bits per heavy atom. The summed E-state index contributed by atoms with van der Waals surface area (Å²) < 4.78 is 0. The van der Waals surface area contributed by atoms with Crippen molar-refractivity contribution in [2.45, 2.75) is 108 Å². The standard InChI is InChI=1S/C18H22O2.C16H18O2.2C9H12O.2CH4.S21/c1-5-13-9-12(4)10-16(20)17(13)18-14(11(2)3)7-6-8-15(18)19;1-9-6-11-8-10(2)12-4-3-5-13(17)16(12)15(11)14(18)7-9;1-7(2)8-4-3-5-9(10)6-8;1-3-8-4-7(2)5-9(10)6-8;;;1-3-5-7-9-11-13-15-17-19-21-20-18-16-14-12-10-8-6-4-2/h5-6,8,10,13-14,17-18H,1-2,7,9H2,3-4H3;3,5,7-8,11-12,15-16H,4,6H2,1-2H3;2*3,5,8H,1,4,6H2,2H3;2*1H4;/t13-,14+,17+,18+;11-,12-,15-,16-;2*8-;;;/m0100.../s1. The van der Waals surface area contributed by atoms with Gasteiger partial charge < -0.3 is 0 Å². The van der Waals surface area contributed by atoms with E-state index in [1.54, 1.807) is 187 Å². The van der Waals surface area contributed by atoms with Crippen LogP contribution in [0, 0.1) is 59.2 Å². The second-order valence-corrected chi connectivity index (χ2v) is 52.5.